The van der Waals surface area contributed by atoms with Crippen LogP contribution in [-0.4, -0.2) is 29.0 Å². The van der Waals surface area contributed by atoms with Gasteiger partial charge in [0.05, 0.1) is 5.56 Å². The third-order valence-corrected chi connectivity index (χ3v) is 4.80. The largest absolute Gasteiger partial charge is 0.372 e. The van der Waals surface area contributed by atoms with Crippen molar-refractivity contribution in [1.82, 2.24) is 9.97 Å². The zero-order valence-electron chi connectivity index (χ0n) is 15.6. The summed E-state index contributed by atoms with van der Waals surface area (Å²) in [5.74, 6) is 0.277. The molecule has 1 aliphatic heterocycles. The fourth-order valence-electron chi connectivity index (χ4n) is 3.25. The summed E-state index contributed by atoms with van der Waals surface area (Å²) in [6.07, 6.45) is 5.56. The van der Waals surface area contributed by atoms with Crippen molar-refractivity contribution in [2.45, 2.75) is 19.4 Å². The zero-order chi connectivity index (χ0) is 19.2. The van der Waals surface area contributed by atoms with E-state index in [0.29, 0.717) is 18.1 Å². The number of anilines is 3. The molecule has 0 unspecified atom stereocenters. The van der Waals surface area contributed by atoms with Crippen LogP contribution in [0.5, 0.6) is 0 Å². The van der Waals surface area contributed by atoms with Crippen molar-refractivity contribution in [2.24, 2.45) is 0 Å². The van der Waals surface area contributed by atoms with E-state index >= 15 is 0 Å². The van der Waals surface area contributed by atoms with E-state index in [0.717, 1.165) is 24.3 Å². The maximum atomic E-state index is 12.4. The van der Waals surface area contributed by atoms with Gasteiger partial charge in [-0.15, -0.1) is 0 Å². The summed E-state index contributed by atoms with van der Waals surface area (Å²) in [5, 5.41) is 6.05. The molecule has 0 bridgehead atoms. The Morgan fingerprint density at radius 2 is 1.61 bits per heavy atom. The minimum Gasteiger partial charge on any atom is -0.372 e. The highest BCUT2D eigenvalue weighted by atomic mass is 16.1. The van der Waals surface area contributed by atoms with Crippen LogP contribution < -0.4 is 15.5 Å². The first kappa shape index (κ1) is 18.0. The van der Waals surface area contributed by atoms with Gasteiger partial charge < -0.3 is 15.5 Å². The van der Waals surface area contributed by atoms with Crippen molar-refractivity contribution in [3.05, 3.63) is 78.1 Å². The van der Waals surface area contributed by atoms with E-state index < -0.39 is 0 Å². The van der Waals surface area contributed by atoms with Gasteiger partial charge >= 0.3 is 0 Å². The molecule has 6 heteroatoms. The molecule has 28 heavy (non-hydrogen) atoms. The van der Waals surface area contributed by atoms with Gasteiger partial charge in [0.2, 0.25) is 5.95 Å². The molecule has 2 aromatic carbocycles. The number of hydrogen-bond acceptors (Lipinski definition) is 5. The van der Waals surface area contributed by atoms with Crippen LogP contribution in [0, 0.1) is 0 Å². The first-order chi connectivity index (χ1) is 13.8. The van der Waals surface area contributed by atoms with E-state index in [1.54, 1.807) is 0 Å². The summed E-state index contributed by atoms with van der Waals surface area (Å²) in [4.78, 5) is 23.3. The molecule has 1 aliphatic rings. The van der Waals surface area contributed by atoms with Gasteiger partial charge in [0, 0.05) is 43.4 Å². The van der Waals surface area contributed by atoms with Gasteiger partial charge in [-0.05, 0) is 42.7 Å². The first-order valence-corrected chi connectivity index (χ1v) is 9.54. The number of carbonyl (C=O) groups excluding carboxylic acids is 1. The highest BCUT2D eigenvalue weighted by Crippen LogP contribution is 2.22. The third kappa shape index (κ3) is 4.46. The zero-order valence-corrected chi connectivity index (χ0v) is 15.6. The lowest BCUT2D eigenvalue weighted by atomic mass is 10.2. The Labute approximate surface area is 164 Å². The van der Waals surface area contributed by atoms with Crippen molar-refractivity contribution in [3.63, 3.8) is 0 Å². The van der Waals surface area contributed by atoms with Crippen LogP contribution in [0.15, 0.2) is 67.0 Å². The standard InChI is InChI=1S/C22H23N5O/c28-21(26-19-8-10-20(11-9-19)27-12-4-5-13-27)18-15-24-22(25-16-18)23-14-17-6-2-1-3-7-17/h1-3,6-11,15-16H,4-5,12-14H2,(H,26,28)(H,23,24,25). The molecule has 0 spiro atoms. The Morgan fingerprint density at radius 1 is 0.929 bits per heavy atom. The number of carbonyl (C=O) groups is 1. The maximum absolute atomic E-state index is 12.4. The molecule has 1 aromatic heterocycles. The molecule has 0 aliphatic carbocycles. The molecule has 0 atom stereocenters. The highest BCUT2D eigenvalue weighted by molar-refractivity contribution is 6.03. The van der Waals surface area contributed by atoms with Gasteiger partial charge in [-0.25, -0.2) is 9.97 Å². The van der Waals surface area contributed by atoms with Crippen LogP contribution in [-0.2, 0) is 6.54 Å². The van der Waals surface area contributed by atoms with Gasteiger partial charge in [0.1, 0.15) is 0 Å². The molecule has 142 valence electrons. The molecule has 0 saturated carbocycles. The van der Waals surface area contributed by atoms with E-state index in [1.165, 1.54) is 30.9 Å². The van der Waals surface area contributed by atoms with Crippen LogP contribution in [0.2, 0.25) is 0 Å². The van der Waals surface area contributed by atoms with Gasteiger partial charge in [0.25, 0.3) is 5.91 Å². The normalized spacial score (nSPS) is 13.4. The summed E-state index contributed by atoms with van der Waals surface area (Å²) in [6, 6.07) is 18.0. The molecule has 2 N–H and O–H groups in total. The number of nitrogens with zero attached hydrogens (tertiary/aromatic N) is 3. The summed E-state index contributed by atoms with van der Waals surface area (Å²) in [7, 11) is 0. The van der Waals surface area contributed by atoms with E-state index in [9.17, 15) is 4.79 Å². The highest BCUT2D eigenvalue weighted by Gasteiger charge is 2.12. The van der Waals surface area contributed by atoms with E-state index in [1.807, 2.05) is 54.6 Å². The summed E-state index contributed by atoms with van der Waals surface area (Å²) in [6.45, 7) is 2.84. The van der Waals surface area contributed by atoms with Crippen molar-refractivity contribution in [1.29, 1.82) is 0 Å². The smallest absolute Gasteiger partial charge is 0.258 e. The predicted octanol–water partition coefficient (Wildman–Crippen LogP) is 3.94. The number of nitrogens with one attached hydrogen (secondary N) is 2. The lowest BCUT2D eigenvalue weighted by Crippen LogP contribution is -2.17. The second kappa shape index (κ2) is 8.52. The quantitative estimate of drug-likeness (QED) is 0.685. The van der Waals surface area contributed by atoms with Gasteiger partial charge in [-0.1, -0.05) is 30.3 Å². The first-order valence-electron chi connectivity index (χ1n) is 9.54. The Kier molecular flexibility index (Phi) is 5.47. The molecule has 1 amide bonds. The monoisotopic (exact) mass is 373 g/mol. The maximum Gasteiger partial charge on any atom is 0.258 e. The minimum absolute atomic E-state index is 0.219. The predicted molar refractivity (Wildman–Crippen MR) is 112 cm³/mol. The fraction of sp³-hybridized carbons (Fsp3) is 0.227. The molecule has 1 saturated heterocycles. The number of benzene rings is 2. The summed E-state index contributed by atoms with van der Waals surface area (Å²) < 4.78 is 0. The number of rotatable bonds is 6. The molecule has 1 fully saturated rings. The van der Waals surface area contributed by atoms with E-state index in [2.05, 4.69) is 25.5 Å². The topological polar surface area (TPSA) is 70.2 Å². The average Bonchev–Trinajstić information content (AvgIpc) is 3.29. The summed E-state index contributed by atoms with van der Waals surface area (Å²) >= 11 is 0. The number of amides is 1. The Bertz CT molecular complexity index is 904. The molecule has 2 heterocycles. The van der Waals surface area contributed by atoms with Crippen LogP contribution in [0.3, 0.4) is 0 Å². The summed E-state index contributed by atoms with van der Waals surface area (Å²) in [5.41, 5.74) is 3.53. The second-order valence-corrected chi connectivity index (χ2v) is 6.83. The van der Waals surface area contributed by atoms with Gasteiger partial charge in [-0.3, -0.25) is 4.79 Å². The molecule has 4 rings (SSSR count). The lowest BCUT2D eigenvalue weighted by molar-refractivity contribution is 0.102. The third-order valence-electron chi connectivity index (χ3n) is 4.80. The van der Waals surface area contributed by atoms with Gasteiger partial charge in [0.15, 0.2) is 0 Å². The molecule has 6 nitrogen and oxygen atoms in total. The molecular formula is C22H23N5O. The Balaban J connectivity index is 1.33. The molecule has 3 aromatic rings. The SMILES string of the molecule is O=C(Nc1ccc(N2CCCC2)cc1)c1cnc(NCc2ccccc2)nc1. The molecule has 0 radical (unpaired) electrons. The minimum atomic E-state index is -0.219. The average molecular weight is 373 g/mol. The van der Waals surface area contributed by atoms with Crippen LogP contribution in [0.25, 0.3) is 0 Å². The van der Waals surface area contributed by atoms with Crippen LogP contribution in [0.4, 0.5) is 17.3 Å². The number of hydrogen-bond donors (Lipinski definition) is 2. The Morgan fingerprint density at radius 3 is 2.29 bits per heavy atom. The van der Waals surface area contributed by atoms with Crippen molar-refractivity contribution >= 4 is 23.2 Å². The molecular weight excluding hydrogens is 350 g/mol. The van der Waals surface area contributed by atoms with Crippen molar-refractivity contribution < 1.29 is 4.79 Å². The van der Waals surface area contributed by atoms with Crippen molar-refractivity contribution in [3.8, 4) is 0 Å². The van der Waals surface area contributed by atoms with E-state index in [-0.39, 0.29) is 5.91 Å². The van der Waals surface area contributed by atoms with E-state index in [4.69, 9.17) is 0 Å². The number of aromatic nitrogens is 2. The van der Waals surface area contributed by atoms with Crippen molar-refractivity contribution in [2.75, 3.05) is 28.6 Å². The van der Waals surface area contributed by atoms with Crippen LogP contribution in [0.1, 0.15) is 28.8 Å². The Hall–Kier alpha value is -3.41. The second-order valence-electron chi connectivity index (χ2n) is 6.83. The van der Waals surface area contributed by atoms with Crippen LogP contribution >= 0.6 is 0 Å². The van der Waals surface area contributed by atoms with Gasteiger partial charge in [-0.2, -0.15) is 0 Å². The lowest BCUT2D eigenvalue weighted by Gasteiger charge is -2.17. The fourth-order valence-corrected chi connectivity index (χ4v) is 3.25.